The summed E-state index contributed by atoms with van der Waals surface area (Å²) in [5, 5.41) is 18.7. The van der Waals surface area contributed by atoms with Crippen LogP contribution in [-0.2, 0) is 22.3 Å². The van der Waals surface area contributed by atoms with Crippen LogP contribution in [0.3, 0.4) is 0 Å². The second-order valence-electron chi connectivity index (χ2n) is 7.37. The van der Waals surface area contributed by atoms with E-state index in [1.165, 1.54) is 12.1 Å². The molecule has 154 valence electrons. The van der Waals surface area contributed by atoms with Crippen molar-refractivity contribution >= 4 is 28.2 Å². The number of hydrogen-bond acceptors (Lipinski definition) is 5. The zero-order chi connectivity index (χ0) is 21.6. The van der Waals surface area contributed by atoms with Gasteiger partial charge < -0.3 is 5.32 Å². The fraction of sp³-hybridized carbons (Fsp3) is 0.238. The fourth-order valence-corrected chi connectivity index (χ4v) is 4.98. The highest BCUT2D eigenvalue weighted by Crippen LogP contribution is 2.33. The number of hydrogen-bond donors (Lipinski definition) is 1. The SMILES string of the molecule is Cc1ccc(-n2nc3c(c2NC(=O)c2cccc([N+](=O)[O-])c2C)CS(=O)C3)c(C)c1. The summed E-state index contributed by atoms with van der Waals surface area (Å²) in [6, 6.07) is 10.3. The molecular weight excluding hydrogens is 404 g/mol. The van der Waals surface area contributed by atoms with Crippen LogP contribution in [0.5, 0.6) is 0 Å². The maximum absolute atomic E-state index is 13.1. The van der Waals surface area contributed by atoms with Gasteiger partial charge >= 0.3 is 0 Å². The third kappa shape index (κ3) is 3.41. The van der Waals surface area contributed by atoms with Crippen molar-refractivity contribution in [2.75, 3.05) is 5.32 Å². The number of carbonyl (C=O) groups excluding carboxylic acids is 1. The zero-order valence-corrected chi connectivity index (χ0v) is 17.6. The molecule has 1 N–H and O–H groups in total. The quantitative estimate of drug-likeness (QED) is 0.507. The molecule has 30 heavy (non-hydrogen) atoms. The first-order valence-corrected chi connectivity index (χ1v) is 10.8. The number of anilines is 1. The van der Waals surface area contributed by atoms with Gasteiger partial charge in [-0.1, -0.05) is 23.8 Å². The molecule has 2 heterocycles. The minimum absolute atomic E-state index is 0.114. The number of aromatic nitrogens is 2. The molecule has 0 saturated carbocycles. The normalized spacial score (nSPS) is 15.1. The number of benzene rings is 2. The van der Waals surface area contributed by atoms with E-state index < -0.39 is 21.6 Å². The van der Waals surface area contributed by atoms with Gasteiger partial charge in [-0.15, -0.1) is 0 Å². The number of amides is 1. The number of fused-ring (bicyclic) bond motifs is 1. The van der Waals surface area contributed by atoms with Crippen LogP contribution >= 0.6 is 0 Å². The van der Waals surface area contributed by atoms with E-state index >= 15 is 0 Å². The van der Waals surface area contributed by atoms with Crippen molar-refractivity contribution in [2.45, 2.75) is 32.3 Å². The number of carbonyl (C=O) groups is 1. The molecule has 0 saturated heterocycles. The van der Waals surface area contributed by atoms with E-state index in [1.807, 2.05) is 32.0 Å². The van der Waals surface area contributed by atoms with Crippen LogP contribution in [0.4, 0.5) is 11.5 Å². The standard InChI is InChI=1S/C21H20N4O4S/c1-12-7-8-18(13(2)9-12)24-20(16-10-30(29)11-17(16)23-24)22-21(26)15-5-4-6-19(14(15)3)25(27)28/h4-9H,10-11H2,1-3H3,(H,22,26). The summed E-state index contributed by atoms with van der Waals surface area (Å²) in [6.45, 7) is 5.51. The van der Waals surface area contributed by atoms with Crippen molar-refractivity contribution < 1.29 is 13.9 Å². The van der Waals surface area contributed by atoms with Crippen LogP contribution in [0.2, 0.25) is 0 Å². The average molecular weight is 424 g/mol. The molecule has 1 aliphatic rings. The van der Waals surface area contributed by atoms with Crippen LogP contribution in [0, 0.1) is 30.9 Å². The number of rotatable bonds is 4. The highest BCUT2D eigenvalue weighted by molar-refractivity contribution is 7.83. The number of nitro benzene ring substituents is 1. The molecule has 1 aliphatic heterocycles. The first kappa shape index (κ1) is 20.0. The molecule has 9 heteroatoms. The molecule has 0 bridgehead atoms. The molecule has 0 radical (unpaired) electrons. The van der Waals surface area contributed by atoms with Gasteiger partial charge in [0.25, 0.3) is 11.6 Å². The monoisotopic (exact) mass is 424 g/mol. The van der Waals surface area contributed by atoms with E-state index in [2.05, 4.69) is 10.4 Å². The smallest absolute Gasteiger partial charge is 0.273 e. The van der Waals surface area contributed by atoms with Gasteiger partial charge in [0, 0.05) is 33.6 Å². The van der Waals surface area contributed by atoms with Crippen LogP contribution in [0.25, 0.3) is 5.69 Å². The second-order valence-corrected chi connectivity index (χ2v) is 8.82. The topological polar surface area (TPSA) is 107 Å². The first-order chi connectivity index (χ1) is 14.3. The molecule has 1 aromatic heterocycles. The Morgan fingerprint density at radius 2 is 1.97 bits per heavy atom. The molecule has 0 spiro atoms. The highest BCUT2D eigenvalue weighted by Gasteiger charge is 2.29. The van der Waals surface area contributed by atoms with E-state index in [0.29, 0.717) is 23.0 Å². The molecule has 2 aromatic carbocycles. The lowest BCUT2D eigenvalue weighted by Crippen LogP contribution is -2.18. The molecule has 3 aromatic rings. The van der Waals surface area contributed by atoms with Crippen LogP contribution < -0.4 is 5.32 Å². The Balaban J connectivity index is 1.79. The molecule has 8 nitrogen and oxygen atoms in total. The first-order valence-electron chi connectivity index (χ1n) is 9.35. The lowest BCUT2D eigenvalue weighted by Gasteiger charge is -2.14. The summed E-state index contributed by atoms with van der Waals surface area (Å²) in [5.41, 5.74) is 4.73. The van der Waals surface area contributed by atoms with E-state index in [9.17, 15) is 19.1 Å². The largest absolute Gasteiger partial charge is 0.306 e. The molecule has 0 aliphatic carbocycles. The average Bonchev–Trinajstić information content (AvgIpc) is 3.18. The summed E-state index contributed by atoms with van der Waals surface area (Å²) in [6.07, 6.45) is 0. The van der Waals surface area contributed by atoms with E-state index in [0.717, 1.165) is 22.4 Å². The Kier molecular flexibility index (Phi) is 4.98. The predicted octanol–water partition coefficient (Wildman–Crippen LogP) is 3.72. The lowest BCUT2D eigenvalue weighted by atomic mass is 10.1. The zero-order valence-electron chi connectivity index (χ0n) is 16.8. The number of nitro groups is 1. The van der Waals surface area contributed by atoms with Crippen molar-refractivity contribution in [1.29, 1.82) is 0 Å². The number of aryl methyl sites for hydroxylation is 2. The Morgan fingerprint density at radius 3 is 2.67 bits per heavy atom. The second kappa shape index (κ2) is 7.49. The molecular formula is C21H20N4O4S. The van der Waals surface area contributed by atoms with Crippen molar-refractivity contribution in [3.8, 4) is 5.69 Å². The third-order valence-corrected chi connectivity index (χ3v) is 6.43. The van der Waals surface area contributed by atoms with Gasteiger partial charge in [0.1, 0.15) is 5.82 Å². The fourth-order valence-electron chi connectivity index (χ4n) is 3.72. The summed E-state index contributed by atoms with van der Waals surface area (Å²) in [4.78, 5) is 23.8. The Labute approximate surface area is 175 Å². The van der Waals surface area contributed by atoms with Crippen molar-refractivity contribution in [2.24, 2.45) is 0 Å². The summed E-state index contributed by atoms with van der Waals surface area (Å²) in [5.74, 6) is 0.636. The van der Waals surface area contributed by atoms with E-state index in [4.69, 9.17) is 0 Å². The van der Waals surface area contributed by atoms with E-state index in [1.54, 1.807) is 17.7 Å². The highest BCUT2D eigenvalue weighted by atomic mass is 32.2. The number of nitrogens with one attached hydrogen (secondary N) is 1. The van der Waals surface area contributed by atoms with Gasteiger partial charge in [-0.2, -0.15) is 5.10 Å². The maximum atomic E-state index is 13.1. The molecule has 1 unspecified atom stereocenters. The summed E-state index contributed by atoms with van der Waals surface area (Å²) < 4.78 is 13.7. The molecule has 0 fully saturated rings. The molecule has 1 atom stereocenters. The molecule has 4 rings (SSSR count). The van der Waals surface area contributed by atoms with Crippen molar-refractivity contribution in [3.63, 3.8) is 0 Å². The van der Waals surface area contributed by atoms with Crippen LogP contribution in [0.1, 0.15) is 38.3 Å². The Morgan fingerprint density at radius 1 is 1.20 bits per heavy atom. The van der Waals surface area contributed by atoms with Gasteiger partial charge in [0.15, 0.2) is 0 Å². The minimum atomic E-state index is -1.06. The van der Waals surface area contributed by atoms with E-state index in [-0.39, 0.29) is 16.8 Å². The summed E-state index contributed by atoms with van der Waals surface area (Å²) in [7, 11) is -1.06. The van der Waals surface area contributed by atoms with Gasteiger partial charge in [-0.3, -0.25) is 19.1 Å². The Hall–Kier alpha value is -3.33. The lowest BCUT2D eigenvalue weighted by molar-refractivity contribution is -0.385. The van der Waals surface area contributed by atoms with Gasteiger partial charge in [-0.05, 0) is 38.5 Å². The molecule has 1 amide bonds. The third-order valence-electron chi connectivity index (χ3n) is 5.23. The minimum Gasteiger partial charge on any atom is -0.306 e. The van der Waals surface area contributed by atoms with Crippen molar-refractivity contribution in [1.82, 2.24) is 9.78 Å². The van der Waals surface area contributed by atoms with Crippen LogP contribution in [-0.4, -0.2) is 24.8 Å². The van der Waals surface area contributed by atoms with Gasteiger partial charge in [0.2, 0.25) is 0 Å². The predicted molar refractivity (Wildman–Crippen MR) is 114 cm³/mol. The van der Waals surface area contributed by atoms with Crippen molar-refractivity contribution in [3.05, 3.63) is 80.0 Å². The maximum Gasteiger partial charge on any atom is 0.273 e. The summed E-state index contributed by atoms with van der Waals surface area (Å²) >= 11 is 0. The van der Waals surface area contributed by atoms with Gasteiger partial charge in [-0.25, -0.2) is 4.68 Å². The Bertz CT molecular complexity index is 1230. The number of nitrogens with zero attached hydrogens (tertiary/aromatic N) is 3. The van der Waals surface area contributed by atoms with Gasteiger partial charge in [0.05, 0.1) is 27.8 Å². The van der Waals surface area contributed by atoms with Crippen LogP contribution in [0.15, 0.2) is 36.4 Å².